The summed E-state index contributed by atoms with van der Waals surface area (Å²) in [4.78, 5) is 15.2. The van der Waals surface area contributed by atoms with Crippen LogP contribution in [-0.4, -0.2) is 16.1 Å². The Kier molecular flexibility index (Phi) is 4.34. The van der Waals surface area contributed by atoms with E-state index in [9.17, 15) is 9.18 Å². The average molecular weight is 339 g/mol. The zero-order valence-corrected chi connectivity index (χ0v) is 12.2. The highest BCUT2D eigenvalue weighted by atomic mass is 79.9. The minimum atomic E-state index is -1.10. The summed E-state index contributed by atoms with van der Waals surface area (Å²) < 4.78 is 14.3. The molecule has 1 heterocycles. The second-order valence-corrected chi connectivity index (χ2v) is 5.16. The number of anilines is 1. The van der Waals surface area contributed by atoms with Gasteiger partial charge < -0.3 is 10.4 Å². The number of rotatable bonds is 4. The SMILES string of the molecule is CC(Nc1ncc(Br)cc1C(=O)O)c1ccccc1F. The molecule has 1 unspecified atom stereocenters. The van der Waals surface area contributed by atoms with Gasteiger partial charge in [0, 0.05) is 16.2 Å². The van der Waals surface area contributed by atoms with Crippen molar-refractivity contribution in [1.82, 2.24) is 4.98 Å². The van der Waals surface area contributed by atoms with Gasteiger partial charge in [0.05, 0.1) is 6.04 Å². The minimum Gasteiger partial charge on any atom is -0.478 e. The molecule has 0 spiro atoms. The van der Waals surface area contributed by atoms with E-state index in [0.29, 0.717) is 10.0 Å². The van der Waals surface area contributed by atoms with Gasteiger partial charge in [0.25, 0.3) is 0 Å². The number of aromatic carboxylic acids is 1. The van der Waals surface area contributed by atoms with Crippen molar-refractivity contribution in [3.8, 4) is 0 Å². The third-order valence-corrected chi connectivity index (χ3v) is 3.24. The molecule has 0 saturated heterocycles. The summed E-state index contributed by atoms with van der Waals surface area (Å²) >= 11 is 3.17. The number of carbonyl (C=O) groups is 1. The van der Waals surface area contributed by atoms with Gasteiger partial charge in [0.15, 0.2) is 0 Å². The first-order valence-electron chi connectivity index (χ1n) is 5.89. The fourth-order valence-electron chi connectivity index (χ4n) is 1.83. The van der Waals surface area contributed by atoms with Crippen LogP contribution < -0.4 is 5.32 Å². The Bertz CT molecular complexity index is 649. The number of benzene rings is 1. The molecule has 0 saturated carbocycles. The third-order valence-electron chi connectivity index (χ3n) is 2.81. The van der Waals surface area contributed by atoms with E-state index in [0.717, 1.165) is 0 Å². The Morgan fingerprint density at radius 2 is 2.15 bits per heavy atom. The fourth-order valence-corrected chi connectivity index (χ4v) is 2.16. The normalized spacial score (nSPS) is 11.9. The Morgan fingerprint density at radius 1 is 1.45 bits per heavy atom. The summed E-state index contributed by atoms with van der Waals surface area (Å²) in [6.45, 7) is 1.74. The molecule has 0 aliphatic rings. The highest BCUT2D eigenvalue weighted by molar-refractivity contribution is 9.10. The lowest BCUT2D eigenvalue weighted by Crippen LogP contribution is -2.13. The topological polar surface area (TPSA) is 62.2 Å². The lowest BCUT2D eigenvalue weighted by atomic mass is 10.1. The molecule has 2 rings (SSSR count). The van der Waals surface area contributed by atoms with E-state index < -0.39 is 12.0 Å². The average Bonchev–Trinajstić information content (AvgIpc) is 2.41. The molecule has 0 bridgehead atoms. The molecule has 0 aliphatic carbocycles. The van der Waals surface area contributed by atoms with Crippen molar-refractivity contribution in [1.29, 1.82) is 0 Å². The number of carboxylic acids is 1. The second kappa shape index (κ2) is 6.00. The summed E-state index contributed by atoms with van der Waals surface area (Å²) in [7, 11) is 0. The number of nitrogens with one attached hydrogen (secondary N) is 1. The van der Waals surface area contributed by atoms with Crippen LogP contribution in [0.3, 0.4) is 0 Å². The van der Waals surface area contributed by atoms with Crippen molar-refractivity contribution in [3.05, 3.63) is 57.9 Å². The standard InChI is InChI=1S/C14H12BrFN2O2/c1-8(10-4-2-3-5-12(10)16)18-13-11(14(19)20)6-9(15)7-17-13/h2-8H,1H3,(H,17,18)(H,19,20). The van der Waals surface area contributed by atoms with Crippen LogP contribution >= 0.6 is 15.9 Å². The van der Waals surface area contributed by atoms with E-state index in [2.05, 4.69) is 26.2 Å². The number of hydrogen-bond donors (Lipinski definition) is 2. The highest BCUT2D eigenvalue weighted by Crippen LogP contribution is 2.24. The first kappa shape index (κ1) is 14.5. The molecule has 0 amide bonds. The molecule has 1 atom stereocenters. The van der Waals surface area contributed by atoms with E-state index in [1.807, 2.05) is 0 Å². The van der Waals surface area contributed by atoms with E-state index in [1.165, 1.54) is 18.3 Å². The first-order valence-corrected chi connectivity index (χ1v) is 6.68. The number of hydrogen-bond acceptors (Lipinski definition) is 3. The maximum atomic E-state index is 13.7. The van der Waals surface area contributed by atoms with Crippen LogP contribution in [0.4, 0.5) is 10.2 Å². The van der Waals surface area contributed by atoms with Crippen molar-refractivity contribution < 1.29 is 14.3 Å². The van der Waals surface area contributed by atoms with E-state index in [-0.39, 0.29) is 17.2 Å². The summed E-state index contributed by atoms with van der Waals surface area (Å²) in [5.74, 6) is -1.24. The molecular formula is C14H12BrFN2O2. The predicted molar refractivity (Wildman–Crippen MR) is 77.3 cm³/mol. The third kappa shape index (κ3) is 3.14. The molecule has 1 aromatic carbocycles. The van der Waals surface area contributed by atoms with Gasteiger partial charge in [-0.05, 0) is 35.0 Å². The molecule has 0 radical (unpaired) electrons. The van der Waals surface area contributed by atoms with Gasteiger partial charge in [-0.25, -0.2) is 14.2 Å². The number of carboxylic acid groups (broad SMARTS) is 1. The number of halogens is 2. The maximum absolute atomic E-state index is 13.7. The molecular weight excluding hydrogens is 327 g/mol. The van der Waals surface area contributed by atoms with Crippen LogP contribution in [0.15, 0.2) is 41.0 Å². The van der Waals surface area contributed by atoms with Gasteiger partial charge in [-0.3, -0.25) is 0 Å². The van der Waals surface area contributed by atoms with Crippen LogP contribution in [-0.2, 0) is 0 Å². The molecule has 0 fully saturated rings. The Hall–Kier alpha value is -1.95. The van der Waals surface area contributed by atoms with Crippen molar-refractivity contribution >= 4 is 27.7 Å². The van der Waals surface area contributed by atoms with Crippen LogP contribution in [0, 0.1) is 5.82 Å². The van der Waals surface area contributed by atoms with Gasteiger partial charge in [0.2, 0.25) is 0 Å². The van der Waals surface area contributed by atoms with Crippen LogP contribution in [0.2, 0.25) is 0 Å². The molecule has 104 valence electrons. The number of pyridine rings is 1. The highest BCUT2D eigenvalue weighted by Gasteiger charge is 2.16. The largest absolute Gasteiger partial charge is 0.478 e. The van der Waals surface area contributed by atoms with Gasteiger partial charge >= 0.3 is 5.97 Å². The molecule has 0 aliphatic heterocycles. The fraction of sp³-hybridized carbons (Fsp3) is 0.143. The lowest BCUT2D eigenvalue weighted by Gasteiger charge is -2.17. The van der Waals surface area contributed by atoms with Gasteiger partial charge in [-0.2, -0.15) is 0 Å². The summed E-state index contributed by atoms with van der Waals surface area (Å²) in [5.41, 5.74) is 0.483. The van der Waals surface area contributed by atoms with E-state index >= 15 is 0 Å². The molecule has 6 heteroatoms. The number of nitrogens with zero attached hydrogens (tertiary/aromatic N) is 1. The Labute approximate surface area is 123 Å². The summed E-state index contributed by atoms with van der Waals surface area (Å²) in [6.07, 6.45) is 1.49. The predicted octanol–water partition coefficient (Wildman–Crippen LogP) is 3.85. The van der Waals surface area contributed by atoms with Gasteiger partial charge in [-0.15, -0.1) is 0 Å². The van der Waals surface area contributed by atoms with Crippen molar-refractivity contribution in [2.75, 3.05) is 5.32 Å². The van der Waals surface area contributed by atoms with Crippen molar-refractivity contribution in [2.45, 2.75) is 13.0 Å². The molecule has 2 aromatic rings. The summed E-state index contributed by atoms with van der Waals surface area (Å²) in [5, 5.41) is 12.1. The molecule has 1 aromatic heterocycles. The van der Waals surface area contributed by atoms with Crippen LogP contribution in [0.25, 0.3) is 0 Å². The zero-order chi connectivity index (χ0) is 14.7. The number of aromatic nitrogens is 1. The molecule has 4 nitrogen and oxygen atoms in total. The van der Waals surface area contributed by atoms with Gasteiger partial charge in [0.1, 0.15) is 17.2 Å². The Balaban J connectivity index is 2.31. The second-order valence-electron chi connectivity index (χ2n) is 4.24. The zero-order valence-electron chi connectivity index (χ0n) is 10.6. The van der Waals surface area contributed by atoms with E-state index in [4.69, 9.17) is 5.11 Å². The Morgan fingerprint density at radius 3 is 2.80 bits per heavy atom. The van der Waals surface area contributed by atoms with Crippen molar-refractivity contribution in [3.63, 3.8) is 0 Å². The lowest BCUT2D eigenvalue weighted by molar-refractivity contribution is 0.0697. The van der Waals surface area contributed by atoms with Crippen molar-refractivity contribution in [2.24, 2.45) is 0 Å². The maximum Gasteiger partial charge on any atom is 0.339 e. The van der Waals surface area contributed by atoms with Crippen LogP contribution in [0.5, 0.6) is 0 Å². The minimum absolute atomic E-state index is 0.0302. The van der Waals surface area contributed by atoms with E-state index in [1.54, 1.807) is 25.1 Å². The monoisotopic (exact) mass is 338 g/mol. The quantitative estimate of drug-likeness (QED) is 0.888. The summed E-state index contributed by atoms with van der Waals surface area (Å²) in [6, 6.07) is 7.39. The molecule has 20 heavy (non-hydrogen) atoms. The molecule has 2 N–H and O–H groups in total. The van der Waals surface area contributed by atoms with Gasteiger partial charge in [-0.1, -0.05) is 18.2 Å². The first-order chi connectivity index (χ1) is 9.49. The van der Waals surface area contributed by atoms with Crippen LogP contribution in [0.1, 0.15) is 28.9 Å². The smallest absolute Gasteiger partial charge is 0.339 e.